The largest absolute Gasteiger partial charge is 0.478 e. The summed E-state index contributed by atoms with van der Waals surface area (Å²) in [5, 5.41) is 8.66. The molecule has 1 saturated heterocycles. The van der Waals surface area contributed by atoms with E-state index in [9.17, 15) is 9.18 Å². The van der Waals surface area contributed by atoms with Gasteiger partial charge < -0.3 is 10.0 Å². The second-order valence-corrected chi connectivity index (χ2v) is 3.80. The molecular weight excluding hydrogens is 197 g/mol. The van der Waals surface area contributed by atoms with E-state index in [4.69, 9.17) is 5.11 Å². The van der Waals surface area contributed by atoms with Gasteiger partial charge in [0.2, 0.25) is 0 Å². The van der Waals surface area contributed by atoms with E-state index in [1.54, 1.807) is 6.07 Å². The Labute approximate surface area is 87.1 Å². The number of nitrogens with zero attached hydrogens (tertiary/aromatic N) is 1. The number of hydrogen-bond acceptors (Lipinski definition) is 2. The number of carbonyl (C=O) groups is 1. The van der Waals surface area contributed by atoms with E-state index in [0.717, 1.165) is 18.7 Å². The quantitative estimate of drug-likeness (QED) is 0.811. The fourth-order valence-corrected chi connectivity index (χ4v) is 1.76. The van der Waals surface area contributed by atoms with Crippen molar-refractivity contribution >= 4 is 11.7 Å². The van der Waals surface area contributed by atoms with Crippen molar-refractivity contribution in [2.75, 3.05) is 11.4 Å². The minimum absolute atomic E-state index is 0.271. The molecule has 0 radical (unpaired) electrons. The van der Waals surface area contributed by atoms with Gasteiger partial charge in [0, 0.05) is 18.3 Å². The summed E-state index contributed by atoms with van der Waals surface area (Å²) < 4.78 is 13.3. The van der Waals surface area contributed by atoms with Gasteiger partial charge in [0.1, 0.15) is 5.82 Å². The van der Waals surface area contributed by atoms with Crippen molar-refractivity contribution < 1.29 is 14.3 Å². The van der Waals surface area contributed by atoms with Crippen molar-refractivity contribution in [2.45, 2.75) is 19.4 Å². The molecule has 15 heavy (non-hydrogen) atoms. The predicted molar refractivity (Wildman–Crippen MR) is 54.8 cm³/mol. The Hall–Kier alpha value is -1.58. The predicted octanol–water partition coefficient (Wildman–Crippen LogP) is 2.12. The molecule has 0 aliphatic carbocycles. The summed E-state index contributed by atoms with van der Waals surface area (Å²) >= 11 is 0. The molecule has 0 saturated carbocycles. The molecule has 1 heterocycles. The minimum atomic E-state index is -1.23. The smallest absolute Gasteiger partial charge is 0.338 e. The van der Waals surface area contributed by atoms with Crippen LogP contribution in [0, 0.1) is 5.82 Å². The van der Waals surface area contributed by atoms with Gasteiger partial charge in [0.05, 0.1) is 5.56 Å². The molecular formula is C11H12FNO2. The van der Waals surface area contributed by atoms with Gasteiger partial charge in [0.15, 0.2) is 0 Å². The van der Waals surface area contributed by atoms with E-state index in [2.05, 4.69) is 11.8 Å². The van der Waals surface area contributed by atoms with Crippen LogP contribution in [0.4, 0.5) is 10.1 Å². The van der Waals surface area contributed by atoms with E-state index >= 15 is 0 Å². The van der Waals surface area contributed by atoms with Crippen molar-refractivity contribution in [2.24, 2.45) is 0 Å². The first-order chi connectivity index (χ1) is 7.09. The van der Waals surface area contributed by atoms with E-state index in [-0.39, 0.29) is 5.56 Å². The van der Waals surface area contributed by atoms with Crippen LogP contribution in [0.3, 0.4) is 0 Å². The molecule has 0 spiro atoms. The molecule has 1 N–H and O–H groups in total. The van der Waals surface area contributed by atoms with Gasteiger partial charge in [-0.1, -0.05) is 0 Å². The highest BCUT2D eigenvalue weighted by Crippen LogP contribution is 2.27. The first-order valence-corrected chi connectivity index (χ1v) is 4.89. The normalized spacial score (nSPS) is 19.9. The molecule has 4 heteroatoms. The molecule has 1 aliphatic rings. The summed E-state index contributed by atoms with van der Waals surface area (Å²) in [6.45, 7) is 2.97. The van der Waals surface area contributed by atoms with Crippen LogP contribution in [0.5, 0.6) is 0 Å². The third-order valence-electron chi connectivity index (χ3n) is 2.83. The molecule has 1 unspecified atom stereocenters. The molecule has 1 aromatic carbocycles. The number of anilines is 1. The molecule has 0 amide bonds. The number of hydrogen-bond donors (Lipinski definition) is 1. The van der Waals surface area contributed by atoms with Crippen molar-refractivity contribution in [3.63, 3.8) is 0 Å². The molecule has 0 aromatic heterocycles. The molecule has 0 bridgehead atoms. The minimum Gasteiger partial charge on any atom is -0.478 e. The number of carboxylic acids is 1. The van der Waals surface area contributed by atoms with Gasteiger partial charge >= 0.3 is 5.97 Å². The Kier molecular flexibility index (Phi) is 2.34. The molecule has 1 aliphatic heterocycles. The standard InChI is InChI=1S/C11H12FNO2/c1-7-4-5-13(7)8-2-3-9(11(14)15)10(12)6-8/h2-3,6-7H,4-5H2,1H3,(H,14,15). The fourth-order valence-electron chi connectivity index (χ4n) is 1.76. The average Bonchev–Trinajstić information content (AvgIpc) is 2.15. The number of rotatable bonds is 2. The lowest BCUT2D eigenvalue weighted by atomic mass is 10.0. The highest BCUT2D eigenvalue weighted by molar-refractivity contribution is 5.88. The van der Waals surface area contributed by atoms with E-state index in [1.807, 2.05) is 0 Å². The Balaban J connectivity index is 2.29. The van der Waals surface area contributed by atoms with Crippen LogP contribution in [0.1, 0.15) is 23.7 Å². The highest BCUT2D eigenvalue weighted by Gasteiger charge is 2.24. The summed E-state index contributed by atoms with van der Waals surface area (Å²) in [7, 11) is 0. The summed E-state index contributed by atoms with van der Waals surface area (Å²) in [6.07, 6.45) is 1.10. The Morgan fingerprint density at radius 1 is 1.60 bits per heavy atom. The number of benzene rings is 1. The summed E-state index contributed by atoms with van der Waals surface area (Å²) in [5.74, 6) is -1.89. The van der Waals surface area contributed by atoms with Crippen LogP contribution in [-0.2, 0) is 0 Å². The average molecular weight is 209 g/mol. The molecule has 2 rings (SSSR count). The lowest BCUT2D eigenvalue weighted by Gasteiger charge is -2.40. The van der Waals surface area contributed by atoms with E-state index in [1.165, 1.54) is 12.1 Å². The first-order valence-electron chi connectivity index (χ1n) is 4.89. The van der Waals surface area contributed by atoms with Crippen molar-refractivity contribution in [3.05, 3.63) is 29.6 Å². The van der Waals surface area contributed by atoms with Crippen LogP contribution in [-0.4, -0.2) is 23.7 Å². The van der Waals surface area contributed by atoms with Crippen molar-refractivity contribution in [1.82, 2.24) is 0 Å². The molecule has 80 valence electrons. The maximum absolute atomic E-state index is 13.3. The first kappa shape index (κ1) is 9.96. The summed E-state index contributed by atoms with van der Waals surface area (Å²) in [5.41, 5.74) is 0.489. The zero-order valence-electron chi connectivity index (χ0n) is 8.40. The van der Waals surface area contributed by atoms with Crippen LogP contribution < -0.4 is 4.90 Å². The van der Waals surface area contributed by atoms with Gasteiger partial charge in [-0.25, -0.2) is 9.18 Å². The molecule has 1 fully saturated rings. The topological polar surface area (TPSA) is 40.5 Å². The van der Waals surface area contributed by atoms with Gasteiger partial charge in [-0.2, -0.15) is 0 Å². The Morgan fingerprint density at radius 3 is 2.73 bits per heavy atom. The Morgan fingerprint density at radius 2 is 2.33 bits per heavy atom. The lowest BCUT2D eigenvalue weighted by molar-refractivity contribution is 0.0692. The number of aromatic carboxylic acids is 1. The summed E-state index contributed by atoms with van der Waals surface area (Å²) in [4.78, 5) is 12.6. The van der Waals surface area contributed by atoms with Crippen molar-refractivity contribution in [1.29, 1.82) is 0 Å². The van der Waals surface area contributed by atoms with E-state index in [0.29, 0.717) is 6.04 Å². The summed E-state index contributed by atoms with van der Waals surface area (Å²) in [6, 6.07) is 4.68. The third-order valence-corrected chi connectivity index (χ3v) is 2.83. The lowest BCUT2D eigenvalue weighted by Crippen LogP contribution is -2.45. The van der Waals surface area contributed by atoms with Crippen LogP contribution in [0.25, 0.3) is 0 Å². The monoisotopic (exact) mass is 209 g/mol. The second kappa shape index (κ2) is 3.53. The van der Waals surface area contributed by atoms with Crippen molar-refractivity contribution in [3.8, 4) is 0 Å². The third kappa shape index (κ3) is 1.67. The van der Waals surface area contributed by atoms with Gasteiger partial charge in [0.25, 0.3) is 0 Å². The van der Waals surface area contributed by atoms with Gasteiger partial charge in [-0.05, 0) is 31.5 Å². The molecule has 1 atom stereocenters. The fraction of sp³-hybridized carbons (Fsp3) is 0.364. The van der Waals surface area contributed by atoms with Gasteiger partial charge in [-0.3, -0.25) is 0 Å². The molecule has 1 aromatic rings. The number of carboxylic acid groups (broad SMARTS) is 1. The maximum atomic E-state index is 13.3. The maximum Gasteiger partial charge on any atom is 0.338 e. The zero-order chi connectivity index (χ0) is 11.0. The van der Waals surface area contributed by atoms with Crippen LogP contribution >= 0.6 is 0 Å². The second-order valence-electron chi connectivity index (χ2n) is 3.80. The van der Waals surface area contributed by atoms with Crippen LogP contribution in [0.15, 0.2) is 18.2 Å². The SMILES string of the molecule is CC1CCN1c1ccc(C(=O)O)c(F)c1. The van der Waals surface area contributed by atoms with E-state index < -0.39 is 11.8 Å². The molecule has 3 nitrogen and oxygen atoms in total. The Bertz CT molecular complexity index is 406. The zero-order valence-corrected chi connectivity index (χ0v) is 8.40. The van der Waals surface area contributed by atoms with Gasteiger partial charge in [-0.15, -0.1) is 0 Å². The van der Waals surface area contributed by atoms with Crippen LogP contribution in [0.2, 0.25) is 0 Å². The highest BCUT2D eigenvalue weighted by atomic mass is 19.1. The number of halogens is 1.